The van der Waals surface area contributed by atoms with Crippen molar-refractivity contribution in [3.63, 3.8) is 0 Å². The lowest BCUT2D eigenvalue weighted by molar-refractivity contribution is 0.0994. The highest BCUT2D eigenvalue weighted by atomic mass is 35.5. The van der Waals surface area contributed by atoms with Gasteiger partial charge in [0.25, 0.3) is 5.91 Å². The molecule has 2 heterocycles. The fourth-order valence-electron chi connectivity index (χ4n) is 2.87. The fraction of sp³-hybridized carbons (Fsp3) is 0.105. The number of rotatable bonds is 1. The van der Waals surface area contributed by atoms with Crippen LogP contribution in [0, 0.1) is 6.92 Å². The number of aromatic nitrogens is 1. The second-order valence-electron chi connectivity index (χ2n) is 5.89. The maximum Gasteiger partial charge on any atom is 0.349 e. The van der Waals surface area contributed by atoms with Crippen LogP contribution in [-0.4, -0.2) is 10.5 Å². The van der Waals surface area contributed by atoms with Crippen molar-refractivity contribution in [2.45, 2.75) is 6.92 Å². The van der Waals surface area contributed by atoms with Gasteiger partial charge in [-0.15, -0.1) is 0 Å². The van der Waals surface area contributed by atoms with E-state index in [2.05, 4.69) is 4.99 Å². The van der Waals surface area contributed by atoms with Crippen LogP contribution in [0.15, 0.2) is 56.7 Å². The average molecular weight is 385 g/mol. The van der Waals surface area contributed by atoms with E-state index >= 15 is 0 Å². The number of nitrogens with zero attached hydrogens (tertiary/aromatic N) is 2. The molecule has 5 nitrogen and oxygen atoms in total. The van der Waals surface area contributed by atoms with Gasteiger partial charge in [0.05, 0.1) is 15.2 Å². The lowest BCUT2D eigenvalue weighted by Crippen LogP contribution is -2.18. The number of para-hydroxylation sites is 1. The standard InChI is InChI=1S/C19H13ClN2O3S/c1-10-7-8-13(20)16-15(10)22(2)19(26-16)21-17(23)12-9-11-5-3-4-6-14(11)25-18(12)24/h3-9H,1-2H3. The quantitative estimate of drug-likeness (QED) is 0.465. The maximum absolute atomic E-state index is 12.6. The number of benzene rings is 2. The van der Waals surface area contributed by atoms with Crippen molar-refractivity contribution in [2.24, 2.45) is 12.0 Å². The van der Waals surface area contributed by atoms with E-state index in [9.17, 15) is 9.59 Å². The molecule has 0 atom stereocenters. The molecule has 0 aliphatic heterocycles. The van der Waals surface area contributed by atoms with Crippen LogP contribution in [0.2, 0.25) is 5.02 Å². The smallest absolute Gasteiger partial charge is 0.349 e. The van der Waals surface area contributed by atoms with Crippen molar-refractivity contribution in [1.29, 1.82) is 0 Å². The molecule has 4 rings (SSSR count). The predicted octanol–water partition coefficient (Wildman–Crippen LogP) is 4.05. The van der Waals surface area contributed by atoms with Crippen LogP contribution in [0.3, 0.4) is 0 Å². The van der Waals surface area contributed by atoms with Gasteiger partial charge in [0.2, 0.25) is 0 Å². The lowest BCUT2D eigenvalue weighted by atomic mass is 10.2. The SMILES string of the molecule is Cc1ccc(Cl)c2sc(=NC(=O)c3cc4ccccc4oc3=O)n(C)c12. The van der Waals surface area contributed by atoms with Gasteiger partial charge in [-0.2, -0.15) is 4.99 Å². The van der Waals surface area contributed by atoms with E-state index in [0.29, 0.717) is 20.8 Å². The highest BCUT2D eigenvalue weighted by Gasteiger charge is 2.15. The third kappa shape index (κ3) is 2.67. The molecule has 4 aromatic rings. The maximum atomic E-state index is 12.6. The minimum Gasteiger partial charge on any atom is -0.422 e. The van der Waals surface area contributed by atoms with Gasteiger partial charge >= 0.3 is 5.63 Å². The van der Waals surface area contributed by atoms with Crippen LogP contribution in [0.5, 0.6) is 0 Å². The molecular formula is C19H13ClN2O3S. The van der Waals surface area contributed by atoms with E-state index in [4.69, 9.17) is 16.0 Å². The zero-order valence-electron chi connectivity index (χ0n) is 13.9. The van der Waals surface area contributed by atoms with Crippen molar-refractivity contribution in [3.8, 4) is 0 Å². The molecule has 0 saturated heterocycles. The summed E-state index contributed by atoms with van der Waals surface area (Å²) in [6.07, 6.45) is 0. The monoisotopic (exact) mass is 384 g/mol. The zero-order chi connectivity index (χ0) is 18.4. The first-order valence-corrected chi connectivity index (χ1v) is 9.02. The molecule has 2 aromatic carbocycles. The molecule has 2 aromatic heterocycles. The summed E-state index contributed by atoms with van der Waals surface area (Å²) < 4.78 is 7.88. The molecule has 1 amide bonds. The summed E-state index contributed by atoms with van der Waals surface area (Å²) in [4.78, 5) is 29.4. The minimum absolute atomic E-state index is 0.0935. The first-order valence-electron chi connectivity index (χ1n) is 7.82. The highest BCUT2D eigenvalue weighted by Crippen LogP contribution is 2.28. The van der Waals surface area contributed by atoms with E-state index in [0.717, 1.165) is 15.8 Å². The van der Waals surface area contributed by atoms with Gasteiger partial charge < -0.3 is 8.98 Å². The molecule has 0 bridgehead atoms. The Labute approximate surface area is 156 Å². The average Bonchev–Trinajstić information content (AvgIpc) is 2.95. The number of carbonyl (C=O) groups excluding carboxylic acids is 1. The molecule has 130 valence electrons. The summed E-state index contributed by atoms with van der Waals surface area (Å²) >= 11 is 7.57. The van der Waals surface area contributed by atoms with E-state index in [1.54, 1.807) is 18.2 Å². The number of amides is 1. The molecule has 7 heteroatoms. The van der Waals surface area contributed by atoms with Crippen LogP contribution in [-0.2, 0) is 7.05 Å². The molecule has 0 aliphatic carbocycles. The van der Waals surface area contributed by atoms with Gasteiger partial charge in [-0.1, -0.05) is 47.2 Å². The van der Waals surface area contributed by atoms with E-state index in [-0.39, 0.29) is 5.56 Å². The molecular weight excluding hydrogens is 372 g/mol. The fourth-order valence-corrected chi connectivity index (χ4v) is 4.24. The van der Waals surface area contributed by atoms with Crippen molar-refractivity contribution < 1.29 is 9.21 Å². The summed E-state index contributed by atoms with van der Waals surface area (Å²) in [7, 11) is 1.82. The summed E-state index contributed by atoms with van der Waals surface area (Å²) in [5, 5.41) is 1.27. The molecule has 0 radical (unpaired) electrons. The van der Waals surface area contributed by atoms with Crippen molar-refractivity contribution >= 4 is 50.0 Å². The molecule has 0 unspecified atom stereocenters. The molecule has 0 spiro atoms. The Balaban J connectivity index is 1.91. The number of hydrogen-bond donors (Lipinski definition) is 0. The number of thiazole rings is 1. The van der Waals surface area contributed by atoms with Gasteiger partial charge in [-0.25, -0.2) is 4.79 Å². The van der Waals surface area contributed by atoms with E-state index < -0.39 is 11.5 Å². The second-order valence-corrected chi connectivity index (χ2v) is 7.27. The summed E-state index contributed by atoms with van der Waals surface area (Å²) in [5.74, 6) is -0.638. The van der Waals surface area contributed by atoms with Gasteiger partial charge in [0, 0.05) is 12.4 Å². The Kier molecular flexibility index (Phi) is 4.01. The normalized spacial score (nSPS) is 12.2. The van der Waals surface area contributed by atoms with E-state index in [1.807, 2.05) is 36.7 Å². The molecule has 0 aliphatic rings. The van der Waals surface area contributed by atoms with Gasteiger partial charge in [-0.3, -0.25) is 4.79 Å². The topological polar surface area (TPSA) is 64.6 Å². The van der Waals surface area contributed by atoms with Crippen LogP contribution in [0.1, 0.15) is 15.9 Å². The summed E-state index contributed by atoms with van der Waals surface area (Å²) in [6.45, 7) is 1.97. The van der Waals surface area contributed by atoms with Crippen LogP contribution in [0.4, 0.5) is 0 Å². The Morgan fingerprint density at radius 1 is 1.23 bits per heavy atom. The highest BCUT2D eigenvalue weighted by molar-refractivity contribution is 7.17. The zero-order valence-corrected chi connectivity index (χ0v) is 15.5. The Morgan fingerprint density at radius 2 is 2.00 bits per heavy atom. The second kappa shape index (κ2) is 6.23. The van der Waals surface area contributed by atoms with Gasteiger partial charge in [0.15, 0.2) is 4.80 Å². The lowest BCUT2D eigenvalue weighted by Gasteiger charge is -2.01. The Bertz CT molecular complexity index is 1310. The number of aryl methyl sites for hydroxylation is 2. The summed E-state index contributed by atoms with van der Waals surface area (Å²) in [5.41, 5.74) is 1.59. The Morgan fingerprint density at radius 3 is 2.77 bits per heavy atom. The number of halogens is 1. The van der Waals surface area contributed by atoms with Gasteiger partial charge in [0.1, 0.15) is 11.1 Å². The van der Waals surface area contributed by atoms with Crippen molar-refractivity contribution in [2.75, 3.05) is 0 Å². The number of fused-ring (bicyclic) bond motifs is 2. The van der Waals surface area contributed by atoms with E-state index in [1.165, 1.54) is 17.4 Å². The summed E-state index contributed by atoms with van der Waals surface area (Å²) in [6, 6.07) is 12.3. The predicted molar refractivity (Wildman–Crippen MR) is 103 cm³/mol. The molecule has 0 fully saturated rings. The molecule has 26 heavy (non-hydrogen) atoms. The first kappa shape index (κ1) is 16.8. The van der Waals surface area contributed by atoms with Crippen LogP contribution in [0.25, 0.3) is 21.2 Å². The largest absolute Gasteiger partial charge is 0.422 e. The minimum atomic E-state index is -0.699. The van der Waals surface area contributed by atoms with Crippen LogP contribution < -0.4 is 10.4 Å². The van der Waals surface area contributed by atoms with Crippen LogP contribution >= 0.6 is 22.9 Å². The molecule has 0 saturated carbocycles. The molecule has 0 N–H and O–H groups in total. The number of carbonyl (C=O) groups is 1. The van der Waals surface area contributed by atoms with Crippen molar-refractivity contribution in [1.82, 2.24) is 4.57 Å². The first-order chi connectivity index (χ1) is 12.5. The Hall–Kier alpha value is -2.70. The third-order valence-corrected chi connectivity index (χ3v) is 5.76. The number of hydrogen-bond acceptors (Lipinski definition) is 4. The van der Waals surface area contributed by atoms with Gasteiger partial charge in [-0.05, 0) is 30.7 Å². The van der Waals surface area contributed by atoms with Crippen molar-refractivity contribution in [3.05, 3.63) is 73.8 Å². The third-order valence-electron chi connectivity index (χ3n) is 4.17.